The minimum Gasteiger partial charge on any atom is -0.357 e. The molecule has 0 aromatic heterocycles. The van der Waals surface area contributed by atoms with E-state index in [2.05, 4.69) is 43.1 Å². The zero-order valence-electron chi connectivity index (χ0n) is 17.2. The number of aliphatic imine (C=N–C) groups is 1. The summed E-state index contributed by atoms with van der Waals surface area (Å²) >= 11 is 0. The van der Waals surface area contributed by atoms with Gasteiger partial charge in [-0.25, -0.2) is 8.42 Å². The van der Waals surface area contributed by atoms with Crippen molar-refractivity contribution in [3.8, 4) is 0 Å². The van der Waals surface area contributed by atoms with Crippen molar-refractivity contribution in [2.75, 3.05) is 46.0 Å². The summed E-state index contributed by atoms with van der Waals surface area (Å²) in [5.41, 5.74) is 0. The van der Waals surface area contributed by atoms with Crippen molar-refractivity contribution in [3.05, 3.63) is 0 Å². The lowest BCUT2D eigenvalue weighted by atomic mass is 9.93. The smallest absolute Gasteiger partial charge is 0.194 e. The first kappa shape index (κ1) is 22.2. The van der Waals surface area contributed by atoms with Crippen LogP contribution in [0.5, 0.6) is 0 Å². The SMILES string of the molecule is CCNC(=NCC(C(CC)CC)N(C)C)N1CCS(=O)(=O)C(C)(C)C1. The van der Waals surface area contributed by atoms with Gasteiger partial charge in [0, 0.05) is 25.7 Å². The Morgan fingerprint density at radius 1 is 1.24 bits per heavy atom. The fraction of sp³-hybridized carbons (Fsp3) is 0.944. The third-order valence-corrected chi connectivity index (χ3v) is 7.90. The summed E-state index contributed by atoms with van der Waals surface area (Å²) < 4.78 is 23.8. The highest BCUT2D eigenvalue weighted by atomic mass is 32.2. The average Bonchev–Trinajstić information content (AvgIpc) is 2.52. The largest absolute Gasteiger partial charge is 0.357 e. The van der Waals surface area contributed by atoms with E-state index in [1.807, 2.05) is 20.8 Å². The maximum atomic E-state index is 12.3. The van der Waals surface area contributed by atoms with Crippen molar-refractivity contribution in [1.29, 1.82) is 0 Å². The number of likely N-dealkylation sites (N-methyl/N-ethyl adjacent to an activating group) is 1. The highest BCUT2D eigenvalue weighted by molar-refractivity contribution is 7.92. The van der Waals surface area contributed by atoms with Crippen LogP contribution in [-0.4, -0.2) is 81.0 Å². The van der Waals surface area contributed by atoms with Crippen LogP contribution in [0, 0.1) is 5.92 Å². The van der Waals surface area contributed by atoms with Crippen LogP contribution >= 0.6 is 0 Å². The lowest BCUT2D eigenvalue weighted by Gasteiger charge is -2.39. The summed E-state index contributed by atoms with van der Waals surface area (Å²) in [6.07, 6.45) is 2.28. The average molecular weight is 375 g/mol. The van der Waals surface area contributed by atoms with Gasteiger partial charge in [0.1, 0.15) is 0 Å². The van der Waals surface area contributed by atoms with Crippen molar-refractivity contribution in [1.82, 2.24) is 15.1 Å². The van der Waals surface area contributed by atoms with Gasteiger partial charge in [-0.05, 0) is 40.8 Å². The second kappa shape index (κ2) is 9.21. The standard InChI is InChI=1S/C18H38N4O2S/c1-8-15(9-2)16(21(6)7)13-20-17(19-10-3)22-11-12-25(23,24)18(4,5)14-22/h15-16H,8-14H2,1-7H3,(H,19,20). The summed E-state index contributed by atoms with van der Waals surface area (Å²) in [6, 6.07) is 0.394. The van der Waals surface area contributed by atoms with E-state index in [1.165, 1.54) is 0 Å². The maximum absolute atomic E-state index is 12.3. The summed E-state index contributed by atoms with van der Waals surface area (Å²) in [6.45, 7) is 12.6. The molecule has 1 rings (SSSR count). The van der Waals surface area contributed by atoms with Gasteiger partial charge in [0.25, 0.3) is 0 Å². The zero-order chi connectivity index (χ0) is 19.3. The molecule has 148 valence electrons. The molecule has 1 aliphatic heterocycles. The van der Waals surface area contributed by atoms with Crippen LogP contribution < -0.4 is 5.32 Å². The monoisotopic (exact) mass is 374 g/mol. The van der Waals surface area contributed by atoms with Crippen LogP contribution in [0.4, 0.5) is 0 Å². The maximum Gasteiger partial charge on any atom is 0.194 e. The molecule has 1 atom stereocenters. The molecular formula is C18H38N4O2S. The summed E-state index contributed by atoms with van der Waals surface area (Å²) in [7, 11) is 1.19. The van der Waals surface area contributed by atoms with E-state index >= 15 is 0 Å². The number of sulfone groups is 1. The van der Waals surface area contributed by atoms with Crippen LogP contribution in [0.1, 0.15) is 47.5 Å². The van der Waals surface area contributed by atoms with E-state index in [0.717, 1.165) is 31.9 Å². The molecule has 0 aromatic carbocycles. The number of hydrogen-bond donors (Lipinski definition) is 1. The molecule has 0 saturated carbocycles. The second-order valence-electron chi connectivity index (χ2n) is 7.80. The Hall–Kier alpha value is -0.820. The van der Waals surface area contributed by atoms with Crippen LogP contribution in [0.15, 0.2) is 4.99 Å². The number of guanidine groups is 1. The molecule has 0 bridgehead atoms. The lowest BCUT2D eigenvalue weighted by Crippen LogP contribution is -2.57. The van der Waals surface area contributed by atoms with Gasteiger partial charge < -0.3 is 15.1 Å². The molecule has 1 fully saturated rings. The van der Waals surface area contributed by atoms with Crippen LogP contribution in [0.25, 0.3) is 0 Å². The van der Waals surface area contributed by atoms with E-state index < -0.39 is 14.6 Å². The van der Waals surface area contributed by atoms with Gasteiger partial charge in [-0.3, -0.25) is 4.99 Å². The molecule has 1 aliphatic rings. The number of hydrogen-bond acceptors (Lipinski definition) is 4. The Morgan fingerprint density at radius 3 is 2.28 bits per heavy atom. The first-order chi connectivity index (χ1) is 11.6. The summed E-state index contributed by atoms with van der Waals surface area (Å²) in [5, 5.41) is 3.35. The normalized spacial score (nSPS) is 21.6. The molecule has 25 heavy (non-hydrogen) atoms. The first-order valence-corrected chi connectivity index (χ1v) is 11.2. The number of nitrogens with zero attached hydrogens (tertiary/aromatic N) is 3. The Morgan fingerprint density at radius 2 is 1.84 bits per heavy atom. The highest BCUT2D eigenvalue weighted by Crippen LogP contribution is 2.24. The van der Waals surface area contributed by atoms with Crippen molar-refractivity contribution >= 4 is 15.8 Å². The first-order valence-electron chi connectivity index (χ1n) is 9.51. The highest BCUT2D eigenvalue weighted by Gasteiger charge is 2.41. The van der Waals surface area contributed by atoms with Gasteiger partial charge in [-0.15, -0.1) is 0 Å². The minimum atomic E-state index is -3.04. The molecule has 0 aliphatic carbocycles. The third kappa shape index (κ3) is 5.58. The van der Waals surface area contributed by atoms with Crippen molar-refractivity contribution in [2.24, 2.45) is 10.9 Å². The Bertz CT molecular complexity index is 539. The molecule has 0 amide bonds. The van der Waals surface area contributed by atoms with Gasteiger partial charge in [-0.1, -0.05) is 26.7 Å². The predicted octanol–water partition coefficient (Wildman–Crippen LogP) is 1.83. The Kier molecular flexibility index (Phi) is 8.19. The fourth-order valence-electron chi connectivity index (χ4n) is 3.50. The second-order valence-corrected chi connectivity index (χ2v) is 10.5. The van der Waals surface area contributed by atoms with E-state index in [0.29, 0.717) is 25.0 Å². The van der Waals surface area contributed by atoms with Crippen molar-refractivity contribution in [3.63, 3.8) is 0 Å². The molecule has 1 N–H and O–H groups in total. The van der Waals surface area contributed by atoms with Gasteiger partial charge in [-0.2, -0.15) is 0 Å². The van der Waals surface area contributed by atoms with Gasteiger partial charge in [0.05, 0.1) is 17.0 Å². The fourth-order valence-corrected chi connectivity index (χ4v) is 4.86. The molecule has 0 radical (unpaired) electrons. The van der Waals surface area contributed by atoms with Crippen molar-refractivity contribution in [2.45, 2.75) is 58.2 Å². The van der Waals surface area contributed by atoms with Crippen molar-refractivity contribution < 1.29 is 8.42 Å². The molecule has 1 saturated heterocycles. The zero-order valence-corrected chi connectivity index (χ0v) is 18.0. The molecule has 6 nitrogen and oxygen atoms in total. The van der Waals surface area contributed by atoms with Crippen LogP contribution in [-0.2, 0) is 9.84 Å². The Labute approximate surface area is 155 Å². The molecule has 1 heterocycles. The van der Waals surface area contributed by atoms with Gasteiger partial charge in [0.15, 0.2) is 15.8 Å². The molecular weight excluding hydrogens is 336 g/mol. The quantitative estimate of drug-likeness (QED) is 0.544. The third-order valence-electron chi connectivity index (χ3n) is 5.36. The summed E-state index contributed by atoms with van der Waals surface area (Å²) in [4.78, 5) is 9.24. The lowest BCUT2D eigenvalue weighted by molar-refractivity contribution is 0.205. The topological polar surface area (TPSA) is 65.0 Å². The minimum absolute atomic E-state index is 0.189. The van der Waals surface area contributed by atoms with Crippen LogP contribution in [0.3, 0.4) is 0 Å². The van der Waals surface area contributed by atoms with E-state index in [-0.39, 0.29) is 5.75 Å². The molecule has 7 heteroatoms. The Balaban J connectivity index is 2.97. The number of nitrogens with one attached hydrogen (secondary N) is 1. The molecule has 0 spiro atoms. The van der Waals surface area contributed by atoms with Crippen LogP contribution in [0.2, 0.25) is 0 Å². The molecule has 0 aromatic rings. The number of rotatable bonds is 7. The van der Waals surface area contributed by atoms with Gasteiger partial charge >= 0.3 is 0 Å². The van der Waals surface area contributed by atoms with E-state index in [9.17, 15) is 8.42 Å². The molecule has 1 unspecified atom stereocenters. The predicted molar refractivity (Wildman–Crippen MR) is 107 cm³/mol. The van der Waals surface area contributed by atoms with E-state index in [4.69, 9.17) is 4.99 Å². The summed E-state index contributed by atoms with van der Waals surface area (Å²) in [5.74, 6) is 1.64. The van der Waals surface area contributed by atoms with E-state index in [1.54, 1.807) is 0 Å². The van der Waals surface area contributed by atoms with Gasteiger partial charge in [0.2, 0.25) is 0 Å².